The molecule has 1 fully saturated rings. The minimum Gasteiger partial charge on any atom is -0.478 e. The summed E-state index contributed by atoms with van der Waals surface area (Å²) in [5, 5.41) is 18.3. The van der Waals surface area contributed by atoms with Crippen LogP contribution in [0.15, 0.2) is 18.2 Å². The molecule has 0 amide bonds. The summed E-state index contributed by atoms with van der Waals surface area (Å²) >= 11 is 5.84. The van der Waals surface area contributed by atoms with Crippen molar-refractivity contribution in [3.05, 3.63) is 34.3 Å². The van der Waals surface area contributed by atoms with Gasteiger partial charge in [0.05, 0.1) is 17.0 Å². The molecule has 4 heteroatoms. The molecule has 0 bridgehead atoms. The Bertz CT molecular complexity index is 486. The van der Waals surface area contributed by atoms with Crippen molar-refractivity contribution in [2.24, 2.45) is 5.41 Å². The van der Waals surface area contributed by atoms with Gasteiger partial charge in [0.25, 0.3) is 0 Å². The number of rotatable bonds is 3. The average molecular weight is 236 g/mol. The van der Waals surface area contributed by atoms with E-state index in [0.717, 1.165) is 18.4 Å². The molecule has 82 valence electrons. The standard InChI is InChI=1S/C12H10ClNO2/c13-10-4-8(3-9(5-10)11(15)16)6-12(7-14)1-2-12/h3-5H,1-2,6H2,(H,15,16). The number of hydrogen-bond donors (Lipinski definition) is 1. The van der Waals surface area contributed by atoms with Crippen LogP contribution in [0.1, 0.15) is 28.8 Å². The van der Waals surface area contributed by atoms with Crippen molar-refractivity contribution >= 4 is 17.6 Å². The van der Waals surface area contributed by atoms with Crippen LogP contribution in [0.3, 0.4) is 0 Å². The highest BCUT2D eigenvalue weighted by atomic mass is 35.5. The number of halogens is 1. The van der Waals surface area contributed by atoms with Crippen LogP contribution >= 0.6 is 11.6 Å². The molecule has 1 aromatic carbocycles. The van der Waals surface area contributed by atoms with Crippen molar-refractivity contribution in [3.63, 3.8) is 0 Å². The number of carboxylic acids is 1. The van der Waals surface area contributed by atoms with E-state index in [2.05, 4.69) is 6.07 Å². The maximum absolute atomic E-state index is 10.8. The van der Waals surface area contributed by atoms with E-state index in [0.29, 0.717) is 11.4 Å². The first kappa shape index (κ1) is 11.0. The van der Waals surface area contributed by atoms with Crippen LogP contribution in [0.5, 0.6) is 0 Å². The lowest BCUT2D eigenvalue weighted by Gasteiger charge is -2.07. The zero-order chi connectivity index (χ0) is 11.8. The van der Waals surface area contributed by atoms with Gasteiger partial charge >= 0.3 is 5.97 Å². The number of hydrogen-bond acceptors (Lipinski definition) is 2. The molecule has 1 aliphatic carbocycles. The molecular weight excluding hydrogens is 226 g/mol. The second-order valence-electron chi connectivity index (χ2n) is 4.22. The van der Waals surface area contributed by atoms with Gasteiger partial charge in [0.1, 0.15) is 0 Å². The summed E-state index contributed by atoms with van der Waals surface area (Å²) in [6.07, 6.45) is 2.36. The van der Waals surface area contributed by atoms with Gasteiger partial charge in [0.15, 0.2) is 0 Å². The maximum Gasteiger partial charge on any atom is 0.335 e. The summed E-state index contributed by atoms with van der Waals surface area (Å²) in [4.78, 5) is 10.8. The maximum atomic E-state index is 10.8. The lowest BCUT2D eigenvalue weighted by molar-refractivity contribution is 0.0696. The fraction of sp³-hybridized carbons (Fsp3) is 0.333. The molecule has 1 N–H and O–H groups in total. The Hall–Kier alpha value is -1.53. The van der Waals surface area contributed by atoms with E-state index < -0.39 is 5.97 Å². The van der Waals surface area contributed by atoms with E-state index in [4.69, 9.17) is 22.0 Å². The normalized spacial score (nSPS) is 16.5. The lowest BCUT2D eigenvalue weighted by atomic mass is 9.97. The predicted octanol–water partition coefficient (Wildman–Crippen LogP) is 2.88. The quantitative estimate of drug-likeness (QED) is 0.876. The Morgan fingerprint density at radius 3 is 2.69 bits per heavy atom. The third-order valence-electron chi connectivity index (χ3n) is 2.84. The molecule has 0 spiro atoms. The van der Waals surface area contributed by atoms with Crippen LogP contribution in [-0.4, -0.2) is 11.1 Å². The highest BCUT2D eigenvalue weighted by Crippen LogP contribution is 2.47. The molecule has 2 rings (SSSR count). The third kappa shape index (κ3) is 2.17. The van der Waals surface area contributed by atoms with Crippen LogP contribution in [-0.2, 0) is 6.42 Å². The SMILES string of the molecule is N#CC1(Cc2cc(Cl)cc(C(=O)O)c2)CC1. The van der Waals surface area contributed by atoms with Gasteiger partial charge in [-0.05, 0) is 43.0 Å². The Morgan fingerprint density at radius 2 is 2.19 bits per heavy atom. The van der Waals surface area contributed by atoms with Crippen molar-refractivity contribution in [1.29, 1.82) is 5.26 Å². The number of benzene rings is 1. The van der Waals surface area contributed by atoms with Crippen molar-refractivity contribution in [3.8, 4) is 6.07 Å². The third-order valence-corrected chi connectivity index (χ3v) is 3.06. The van der Waals surface area contributed by atoms with E-state index in [1.165, 1.54) is 6.07 Å². The van der Waals surface area contributed by atoms with Crippen LogP contribution in [0, 0.1) is 16.7 Å². The first-order valence-corrected chi connectivity index (χ1v) is 5.36. The van der Waals surface area contributed by atoms with Crippen LogP contribution < -0.4 is 0 Å². The van der Waals surface area contributed by atoms with Crippen LogP contribution in [0.4, 0.5) is 0 Å². The zero-order valence-corrected chi connectivity index (χ0v) is 9.29. The van der Waals surface area contributed by atoms with Crippen LogP contribution in [0.25, 0.3) is 0 Å². The van der Waals surface area contributed by atoms with E-state index in [-0.39, 0.29) is 11.0 Å². The first-order valence-electron chi connectivity index (χ1n) is 4.99. The van der Waals surface area contributed by atoms with Gasteiger partial charge in [-0.1, -0.05) is 11.6 Å². The fourth-order valence-corrected chi connectivity index (χ4v) is 2.00. The van der Waals surface area contributed by atoms with Crippen LogP contribution in [0.2, 0.25) is 5.02 Å². The summed E-state index contributed by atoms with van der Waals surface area (Å²) < 4.78 is 0. The summed E-state index contributed by atoms with van der Waals surface area (Å²) in [5.74, 6) is -0.995. The summed E-state index contributed by atoms with van der Waals surface area (Å²) in [5.41, 5.74) is 0.723. The number of carboxylic acid groups (broad SMARTS) is 1. The lowest BCUT2D eigenvalue weighted by Crippen LogP contribution is -2.04. The van der Waals surface area contributed by atoms with Crippen molar-refractivity contribution < 1.29 is 9.90 Å². The largest absolute Gasteiger partial charge is 0.478 e. The van der Waals surface area contributed by atoms with E-state index in [1.54, 1.807) is 12.1 Å². The first-order chi connectivity index (χ1) is 7.54. The van der Waals surface area contributed by atoms with Gasteiger partial charge in [-0.25, -0.2) is 4.79 Å². The van der Waals surface area contributed by atoms with Crippen molar-refractivity contribution in [1.82, 2.24) is 0 Å². The zero-order valence-electron chi connectivity index (χ0n) is 8.53. The molecule has 0 saturated heterocycles. The highest BCUT2D eigenvalue weighted by molar-refractivity contribution is 6.31. The molecule has 0 unspecified atom stereocenters. The van der Waals surface area contributed by atoms with Gasteiger partial charge < -0.3 is 5.11 Å². The smallest absolute Gasteiger partial charge is 0.335 e. The Kier molecular flexibility index (Phi) is 2.61. The minimum absolute atomic E-state index is 0.177. The average Bonchev–Trinajstić information content (AvgIpc) is 2.97. The monoisotopic (exact) mass is 235 g/mol. The fourth-order valence-electron chi connectivity index (χ4n) is 1.75. The number of aromatic carboxylic acids is 1. The molecule has 1 aromatic rings. The summed E-state index contributed by atoms with van der Waals surface area (Å²) in [7, 11) is 0. The molecular formula is C12H10ClNO2. The minimum atomic E-state index is -0.995. The molecule has 0 aromatic heterocycles. The predicted molar refractivity (Wildman–Crippen MR) is 59.4 cm³/mol. The number of nitrogens with zero attached hydrogens (tertiary/aromatic N) is 1. The molecule has 1 saturated carbocycles. The molecule has 16 heavy (non-hydrogen) atoms. The van der Waals surface area contributed by atoms with E-state index in [1.807, 2.05) is 0 Å². The summed E-state index contributed by atoms with van der Waals surface area (Å²) in [6.45, 7) is 0. The van der Waals surface area contributed by atoms with Gasteiger partial charge in [0.2, 0.25) is 0 Å². The molecule has 0 heterocycles. The number of nitriles is 1. The topological polar surface area (TPSA) is 61.1 Å². The Labute approximate surface area is 98.3 Å². The molecule has 0 atom stereocenters. The van der Waals surface area contributed by atoms with Gasteiger partial charge in [0, 0.05) is 5.02 Å². The second-order valence-corrected chi connectivity index (χ2v) is 4.66. The van der Waals surface area contributed by atoms with Gasteiger partial charge in [-0.3, -0.25) is 0 Å². The van der Waals surface area contributed by atoms with Crippen molar-refractivity contribution in [2.75, 3.05) is 0 Å². The van der Waals surface area contributed by atoms with Gasteiger partial charge in [-0.2, -0.15) is 5.26 Å². The molecule has 3 nitrogen and oxygen atoms in total. The Morgan fingerprint density at radius 1 is 1.50 bits per heavy atom. The van der Waals surface area contributed by atoms with Gasteiger partial charge in [-0.15, -0.1) is 0 Å². The highest BCUT2D eigenvalue weighted by Gasteiger charge is 2.43. The van der Waals surface area contributed by atoms with E-state index >= 15 is 0 Å². The number of carbonyl (C=O) groups is 1. The second kappa shape index (κ2) is 3.80. The summed E-state index contributed by atoms with van der Waals surface area (Å²) in [6, 6.07) is 7.01. The molecule has 1 aliphatic rings. The Balaban J connectivity index is 2.28. The van der Waals surface area contributed by atoms with Crippen molar-refractivity contribution in [2.45, 2.75) is 19.3 Å². The van der Waals surface area contributed by atoms with E-state index in [9.17, 15) is 4.79 Å². The molecule has 0 radical (unpaired) electrons. The molecule has 0 aliphatic heterocycles.